The van der Waals surface area contributed by atoms with Crippen molar-refractivity contribution in [2.75, 3.05) is 13.1 Å². The number of aromatic nitrogens is 1. The monoisotopic (exact) mass is 275 g/mol. The fraction of sp³-hybridized carbons (Fsp3) is 0.600. The number of aryl methyl sites for hydroxylation is 1. The number of hydrogen-bond donors (Lipinski definition) is 1. The van der Waals surface area contributed by atoms with Crippen LogP contribution in [0.25, 0.3) is 0 Å². The van der Waals surface area contributed by atoms with Crippen molar-refractivity contribution in [1.82, 2.24) is 15.2 Å². The molecule has 1 aromatic heterocycles. The van der Waals surface area contributed by atoms with Crippen molar-refractivity contribution < 1.29 is 9.53 Å². The predicted molar refractivity (Wildman–Crippen MR) is 74.9 cm³/mol. The van der Waals surface area contributed by atoms with Crippen LogP contribution in [0.3, 0.4) is 0 Å². The van der Waals surface area contributed by atoms with Gasteiger partial charge in [-0.3, -0.25) is 14.7 Å². The number of likely N-dealkylation sites (tertiary alicyclic amines) is 1. The maximum Gasteiger partial charge on any atom is 0.251 e. The predicted octanol–water partition coefficient (Wildman–Crippen LogP) is 1.22. The number of piperidine rings is 1. The minimum absolute atomic E-state index is 0.0151. The maximum absolute atomic E-state index is 11.6. The molecule has 0 radical (unpaired) electrons. The van der Waals surface area contributed by atoms with E-state index in [-0.39, 0.29) is 12.0 Å². The summed E-state index contributed by atoms with van der Waals surface area (Å²) in [5.41, 5.74) is 2.01. The molecular formula is C15H21N3O2. The van der Waals surface area contributed by atoms with E-state index >= 15 is 0 Å². The van der Waals surface area contributed by atoms with Crippen LogP contribution in [-0.2, 0) is 16.1 Å². The zero-order chi connectivity index (χ0) is 14.2. The first kappa shape index (κ1) is 13.5. The Balaban J connectivity index is 1.58. The van der Waals surface area contributed by atoms with Crippen molar-refractivity contribution in [1.29, 1.82) is 0 Å². The number of amides is 1. The number of hydrogen-bond acceptors (Lipinski definition) is 4. The Morgan fingerprint density at radius 2 is 2.20 bits per heavy atom. The summed E-state index contributed by atoms with van der Waals surface area (Å²) in [5.74, 6) is 0.0151. The first-order chi connectivity index (χ1) is 9.56. The second-order valence-corrected chi connectivity index (χ2v) is 5.89. The Kier molecular flexibility index (Phi) is 3.48. The highest BCUT2D eigenvalue weighted by molar-refractivity contribution is 5.82. The van der Waals surface area contributed by atoms with E-state index in [1.54, 1.807) is 0 Å². The summed E-state index contributed by atoms with van der Waals surface area (Å²) in [6.45, 7) is 6.65. The van der Waals surface area contributed by atoms with Crippen LogP contribution in [0.2, 0.25) is 0 Å². The fourth-order valence-corrected chi connectivity index (χ4v) is 3.02. The van der Waals surface area contributed by atoms with Crippen molar-refractivity contribution in [2.45, 2.75) is 45.1 Å². The number of carbonyl (C=O) groups is 1. The van der Waals surface area contributed by atoms with Crippen LogP contribution in [0.4, 0.5) is 0 Å². The summed E-state index contributed by atoms with van der Waals surface area (Å²) in [6, 6.07) is 2.17. The van der Waals surface area contributed by atoms with Crippen LogP contribution in [0.1, 0.15) is 30.9 Å². The summed E-state index contributed by atoms with van der Waals surface area (Å²) >= 11 is 0. The average Bonchev–Trinajstić information content (AvgIpc) is 2.68. The Bertz CT molecular complexity index is 510. The Labute approximate surface area is 119 Å². The summed E-state index contributed by atoms with van der Waals surface area (Å²) in [7, 11) is 0. The fourth-order valence-electron chi connectivity index (χ4n) is 3.02. The van der Waals surface area contributed by atoms with E-state index in [0.717, 1.165) is 32.5 Å². The van der Waals surface area contributed by atoms with Gasteiger partial charge in [0.15, 0.2) is 0 Å². The van der Waals surface area contributed by atoms with Gasteiger partial charge in [0.2, 0.25) is 0 Å². The van der Waals surface area contributed by atoms with Crippen LogP contribution in [0.15, 0.2) is 18.5 Å². The molecule has 1 unspecified atom stereocenters. The summed E-state index contributed by atoms with van der Waals surface area (Å²) in [4.78, 5) is 18.2. The third kappa shape index (κ3) is 2.69. The lowest BCUT2D eigenvalue weighted by Crippen LogP contribution is -2.51. The maximum atomic E-state index is 11.6. The lowest BCUT2D eigenvalue weighted by atomic mass is 10.0. The minimum atomic E-state index is -0.419. The van der Waals surface area contributed by atoms with Crippen molar-refractivity contribution in [3.63, 3.8) is 0 Å². The van der Waals surface area contributed by atoms with Gasteiger partial charge in [-0.2, -0.15) is 0 Å². The molecule has 1 amide bonds. The Morgan fingerprint density at radius 1 is 1.45 bits per heavy atom. The molecule has 1 aromatic rings. The van der Waals surface area contributed by atoms with Crippen LogP contribution < -0.4 is 5.32 Å². The van der Waals surface area contributed by atoms with Crippen molar-refractivity contribution >= 4 is 5.91 Å². The Hall–Kier alpha value is -1.46. The second kappa shape index (κ2) is 5.14. The highest BCUT2D eigenvalue weighted by Crippen LogP contribution is 2.30. The third-order valence-electron chi connectivity index (χ3n) is 4.12. The molecule has 0 aliphatic carbocycles. The van der Waals surface area contributed by atoms with Crippen molar-refractivity contribution in [2.24, 2.45) is 0 Å². The van der Waals surface area contributed by atoms with E-state index in [0.29, 0.717) is 0 Å². The van der Waals surface area contributed by atoms with Crippen LogP contribution >= 0.6 is 0 Å². The summed E-state index contributed by atoms with van der Waals surface area (Å²) in [6.07, 6.45) is 5.18. The lowest BCUT2D eigenvalue weighted by molar-refractivity contribution is -0.123. The number of ether oxygens (including phenoxy) is 1. The average molecular weight is 275 g/mol. The van der Waals surface area contributed by atoms with E-state index in [1.807, 2.05) is 19.3 Å². The quantitative estimate of drug-likeness (QED) is 0.881. The van der Waals surface area contributed by atoms with E-state index < -0.39 is 5.72 Å². The SMILES string of the molecule is Cc1cncc(CN2CCC3(CC2)NC(=O)C(C)O3)c1. The highest BCUT2D eigenvalue weighted by atomic mass is 16.5. The molecule has 3 heterocycles. The zero-order valence-electron chi connectivity index (χ0n) is 12.1. The molecule has 1 spiro atoms. The standard InChI is InChI=1S/C15H21N3O2/c1-11-7-13(9-16-8-11)10-18-5-3-15(4-6-18)17-14(19)12(2)20-15/h7-9,12H,3-6,10H2,1-2H3,(H,17,19). The van der Waals surface area contributed by atoms with Gasteiger partial charge in [0.25, 0.3) is 5.91 Å². The number of pyridine rings is 1. The van der Waals surface area contributed by atoms with Gasteiger partial charge in [-0.1, -0.05) is 6.07 Å². The van der Waals surface area contributed by atoms with Gasteiger partial charge in [0, 0.05) is 44.9 Å². The molecule has 0 aromatic carbocycles. The topological polar surface area (TPSA) is 54.5 Å². The van der Waals surface area contributed by atoms with Gasteiger partial charge in [0.05, 0.1) is 0 Å². The summed E-state index contributed by atoms with van der Waals surface area (Å²) < 4.78 is 5.82. The number of rotatable bonds is 2. The van der Waals surface area contributed by atoms with E-state index in [4.69, 9.17) is 4.74 Å². The largest absolute Gasteiger partial charge is 0.343 e. The van der Waals surface area contributed by atoms with Gasteiger partial charge in [0.1, 0.15) is 11.8 Å². The molecule has 108 valence electrons. The molecule has 2 aliphatic rings. The van der Waals surface area contributed by atoms with Gasteiger partial charge in [-0.05, 0) is 25.0 Å². The number of carbonyl (C=O) groups excluding carboxylic acids is 1. The molecule has 1 atom stereocenters. The van der Waals surface area contributed by atoms with E-state index in [9.17, 15) is 4.79 Å². The first-order valence-corrected chi connectivity index (χ1v) is 7.19. The molecule has 2 fully saturated rings. The summed E-state index contributed by atoms with van der Waals surface area (Å²) in [5, 5.41) is 3.01. The van der Waals surface area contributed by atoms with Crippen molar-refractivity contribution in [3.05, 3.63) is 29.6 Å². The molecule has 20 heavy (non-hydrogen) atoms. The van der Waals surface area contributed by atoms with E-state index in [2.05, 4.69) is 28.2 Å². The van der Waals surface area contributed by atoms with Gasteiger partial charge >= 0.3 is 0 Å². The molecule has 2 aliphatic heterocycles. The molecule has 5 nitrogen and oxygen atoms in total. The second-order valence-electron chi connectivity index (χ2n) is 5.89. The lowest BCUT2D eigenvalue weighted by Gasteiger charge is -2.38. The van der Waals surface area contributed by atoms with Gasteiger partial charge in [-0.25, -0.2) is 0 Å². The smallest absolute Gasteiger partial charge is 0.251 e. The highest BCUT2D eigenvalue weighted by Gasteiger charge is 2.45. The molecule has 3 rings (SSSR count). The molecule has 5 heteroatoms. The van der Waals surface area contributed by atoms with Crippen LogP contribution in [-0.4, -0.2) is 40.7 Å². The Morgan fingerprint density at radius 3 is 2.80 bits per heavy atom. The van der Waals surface area contributed by atoms with Crippen molar-refractivity contribution in [3.8, 4) is 0 Å². The third-order valence-corrected chi connectivity index (χ3v) is 4.12. The normalized spacial score (nSPS) is 25.9. The molecule has 1 N–H and O–H groups in total. The van der Waals surface area contributed by atoms with E-state index in [1.165, 1.54) is 11.1 Å². The van der Waals surface area contributed by atoms with Gasteiger partial charge < -0.3 is 10.1 Å². The molecule has 0 saturated carbocycles. The number of nitrogens with one attached hydrogen (secondary N) is 1. The molecule has 2 saturated heterocycles. The van der Waals surface area contributed by atoms with Crippen LogP contribution in [0.5, 0.6) is 0 Å². The molecular weight excluding hydrogens is 254 g/mol. The molecule has 0 bridgehead atoms. The first-order valence-electron chi connectivity index (χ1n) is 7.19. The minimum Gasteiger partial charge on any atom is -0.343 e. The zero-order valence-corrected chi connectivity index (χ0v) is 12.1. The van der Waals surface area contributed by atoms with Crippen LogP contribution in [0, 0.1) is 6.92 Å². The number of nitrogens with zero attached hydrogens (tertiary/aromatic N) is 2. The van der Waals surface area contributed by atoms with Gasteiger partial charge in [-0.15, -0.1) is 0 Å².